The molecule has 0 aliphatic rings. The molecule has 0 aromatic heterocycles. The summed E-state index contributed by atoms with van der Waals surface area (Å²) >= 11 is 7.96. The highest BCUT2D eigenvalue weighted by Gasteiger charge is 2.06. The Morgan fingerprint density at radius 3 is 2.33 bits per heavy atom. The molecular weight excluding hydrogens is 443 g/mol. The lowest BCUT2D eigenvalue weighted by atomic mass is 10.3. The number of benzene rings is 2. The minimum absolute atomic E-state index is 0.0776. The number of halogens is 2. The molecule has 24 heavy (non-hydrogen) atoms. The van der Waals surface area contributed by atoms with Gasteiger partial charge >= 0.3 is 0 Å². The molecule has 2 aromatic carbocycles. The molecule has 2 N–H and O–H groups in total. The van der Waals surface area contributed by atoms with Crippen molar-refractivity contribution < 1.29 is 14.3 Å². The smallest absolute Gasteiger partial charge is 0.243 e. The quantitative estimate of drug-likeness (QED) is 0.625. The predicted molar refractivity (Wildman–Crippen MR) is 102 cm³/mol. The van der Waals surface area contributed by atoms with E-state index in [1.807, 2.05) is 12.1 Å². The predicted octanol–water partition coefficient (Wildman–Crippen LogP) is 3.47. The van der Waals surface area contributed by atoms with Crippen molar-refractivity contribution in [2.24, 2.45) is 0 Å². The van der Waals surface area contributed by atoms with Crippen molar-refractivity contribution in [1.82, 2.24) is 5.32 Å². The highest BCUT2D eigenvalue weighted by Crippen LogP contribution is 2.15. The van der Waals surface area contributed by atoms with Gasteiger partial charge in [-0.1, -0.05) is 11.6 Å². The van der Waals surface area contributed by atoms with E-state index in [0.717, 1.165) is 3.57 Å². The molecular formula is C17H16ClIN2O3. The van der Waals surface area contributed by atoms with Gasteiger partial charge in [-0.25, -0.2) is 0 Å². The Balaban J connectivity index is 1.64. The summed E-state index contributed by atoms with van der Waals surface area (Å²) in [5, 5.41) is 5.89. The number of nitrogens with one attached hydrogen (secondary N) is 2. The maximum Gasteiger partial charge on any atom is 0.243 e. The van der Waals surface area contributed by atoms with Crippen LogP contribution in [0.2, 0.25) is 5.02 Å². The van der Waals surface area contributed by atoms with Crippen LogP contribution in [-0.2, 0) is 9.59 Å². The van der Waals surface area contributed by atoms with E-state index < -0.39 is 0 Å². The Morgan fingerprint density at radius 2 is 1.67 bits per heavy atom. The maximum absolute atomic E-state index is 11.8. The third-order valence-electron chi connectivity index (χ3n) is 2.99. The summed E-state index contributed by atoms with van der Waals surface area (Å²) in [7, 11) is 0. The van der Waals surface area contributed by atoms with Gasteiger partial charge in [-0.3, -0.25) is 9.59 Å². The summed E-state index contributed by atoms with van der Waals surface area (Å²) in [6.45, 7) is 0.151. The van der Waals surface area contributed by atoms with Crippen LogP contribution >= 0.6 is 34.2 Å². The largest absolute Gasteiger partial charge is 0.493 e. The highest BCUT2D eigenvalue weighted by molar-refractivity contribution is 14.1. The summed E-state index contributed by atoms with van der Waals surface area (Å²) < 4.78 is 6.51. The van der Waals surface area contributed by atoms with Gasteiger partial charge in [0.25, 0.3) is 0 Å². The molecule has 5 nitrogen and oxygen atoms in total. The molecule has 0 aliphatic heterocycles. The van der Waals surface area contributed by atoms with Crippen molar-refractivity contribution in [3.63, 3.8) is 0 Å². The van der Waals surface area contributed by atoms with Crippen LogP contribution in [0.1, 0.15) is 6.42 Å². The summed E-state index contributed by atoms with van der Waals surface area (Å²) in [6.07, 6.45) is 0.166. The molecule has 0 bridgehead atoms. The number of hydrogen-bond acceptors (Lipinski definition) is 3. The van der Waals surface area contributed by atoms with Crippen LogP contribution in [0.3, 0.4) is 0 Å². The Morgan fingerprint density at radius 1 is 1.00 bits per heavy atom. The number of ether oxygens (including phenoxy) is 1. The Labute approximate surface area is 158 Å². The monoisotopic (exact) mass is 458 g/mol. The molecule has 0 unspecified atom stereocenters. The van der Waals surface area contributed by atoms with E-state index in [1.165, 1.54) is 0 Å². The number of amides is 2. The second-order valence-corrected chi connectivity index (χ2v) is 6.57. The van der Waals surface area contributed by atoms with E-state index in [4.69, 9.17) is 16.3 Å². The van der Waals surface area contributed by atoms with Crippen molar-refractivity contribution in [2.75, 3.05) is 18.5 Å². The minimum Gasteiger partial charge on any atom is -0.493 e. The first-order valence-corrected chi connectivity index (χ1v) is 8.69. The molecule has 0 heterocycles. The van der Waals surface area contributed by atoms with Crippen LogP contribution in [0.25, 0.3) is 0 Å². The number of hydrogen-bond donors (Lipinski definition) is 2. The van der Waals surface area contributed by atoms with Gasteiger partial charge in [-0.05, 0) is 71.1 Å². The van der Waals surface area contributed by atoms with Gasteiger partial charge in [0.2, 0.25) is 11.8 Å². The second kappa shape index (κ2) is 9.48. The van der Waals surface area contributed by atoms with Crippen molar-refractivity contribution in [2.45, 2.75) is 6.42 Å². The van der Waals surface area contributed by atoms with E-state index in [0.29, 0.717) is 16.5 Å². The van der Waals surface area contributed by atoms with Gasteiger partial charge in [0, 0.05) is 14.3 Å². The zero-order valence-corrected chi connectivity index (χ0v) is 15.6. The number of carbonyl (C=O) groups is 2. The first kappa shape index (κ1) is 18.5. The fraction of sp³-hybridized carbons (Fsp3) is 0.176. The van der Waals surface area contributed by atoms with Crippen molar-refractivity contribution >= 4 is 51.7 Å². The van der Waals surface area contributed by atoms with Gasteiger partial charge in [-0.15, -0.1) is 0 Å². The molecule has 0 saturated carbocycles. The summed E-state index contributed by atoms with van der Waals surface area (Å²) in [5.74, 6) is 0.119. The SMILES string of the molecule is O=C(CCOc1ccc(Cl)cc1)NCC(=O)Nc1ccc(I)cc1. The molecule has 2 amide bonds. The van der Waals surface area contributed by atoms with Crippen molar-refractivity contribution in [3.8, 4) is 5.75 Å². The molecule has 2 rings (SSSR count). The standard InChI is InChI=1S/C17H16ClIN2O3/c18-12-1-7-15(8-2-12)24-10-9-16(22)20-11-17(23)21-14-5-3-13(19)4-6-14/h1-8H,9-11H2,(H,20,22)(H,21,23). The van der Waals surface area contributed by atoms with Crippen LogP contribution in [0, 0.1) is 3.57 Å². The third kappa shape index (κ3) is 6.76. The third-order valence-corrected chi connectivity index (χ3v) is 3.96. The van der Waals surface area contributed by atoms with Crippen LogP contribution in [0.5, 0.6) is 5.75 Å². The number of rotatable bonds is 7. The lowest BCUT2D eigenvalue weighted by molar-refractivity contribution is -0.124. The van der Waals surface area contributed by atoms with Gasteiger partial charge in [0.15, 0.2) is 0 Å². The van der Waals surface area contributed by atoms with Crippen LogP contribution in [0.15, 0.2) is 48.5 Å². The van der Waals surface area contributed by atoms with Gasteiger partial charge in [-0.2, -0.15) is 0 Å². The average molecular weight is 459 g/mol. The molecule has 0 spiro atoms. The molecule has 0 aliphatic carbocycles. The molecule has 0 atom stereocenters. The molecule has 0 radical (unpaired) electrons. The molecule has 2 aromatic rings. The first-order valence-electron chi connectivity index (χ1n) is 7.23. The minimum atomic E-state index is -0.275. The van der Waals surface area contributed by atoms with E-state index in [2.05, 4.69) is 33.2 Å². The van der Waals surface area contributed by atoms with E-state index in [9.17, 15) is 9.59 Å². The van der Waals surface area contributed by atoms with Gasteiger partial charge in [0.1, 0.15) is 5.75 Å². The van der Waals surface area contributed by atoms with Gasteiger partial charge in [0.05, 0.1) is 19.6 Å². The maximum atomic E-state index is 11.8. The Kier molecular flexibility index (Phi) is 7.33. The Bertz CT molecular complexity index is 690. The number of carbonyl (C=O) groups excluding carboxylic acids is 2. The fourth-order valence-electron chi connectivity index (χ4n) is 1.80. The normalized spacial score (nSPS) is 10.1. The zero-order valence-electron chi connectivity index (χ0n) is 12.7. The first-order chi connectivity index (χ1) is 11.5. The topological polar surface area (TPSA) is 67.4 Å². The molecule has 7 heteroatoms. The van der Waals surface area contributed by atoms with Crippen LogP contribution in [-0.4, -0.2) is 25.0 Å². The zero-order chi connectivity index (χ0) is 17.4. The van der Waals surface area contributed by atoms with E-state index in [1.54, 1.807) is 36.4 Å². The van der Waals surface area contributed by atoms with E-state index >= 15 is 0 Å². The lowest BCUT2D eigenvalue weighted by Gasteiger charge is -2.08. The fourth-order valence-corrected chi connectivity index (χ4v) is 2.28. The van der Waals surface area contributed by atoms with Gasteiger partial charge < -0.3 is 15.4 Å². The van der Waals surface area contributed by atoms with Crippen molar-refractivity contribution in [1.29, 1.82) is 0 Å². The summed E-state index contributed by atoms with van der Waals surface area (Å²) in [6, 6.07) is 14.3. The second-order valence-electron chi connectivity index (χ2n) is 4.88. The molecule has 0 fully saturated rings. The average Bonchev–Trinajstić information content (AvgIpc) is 2.57. The lowest BCUT2D eigenvalue weighted by Crippen LogP contribution is -2.33. The molecule has 0 saturated heterocycles. The van der Waals surface area contributed by atoms with Crippen molar-refractivity contribution in [3.05, 3.63) is 57.1 Å². The molecule has 126 valence electrons. The summed E-state index contributed by atoms with van der Waals surface area (Å²) in [4.78, 5) is 23.5. The number of anilines is 1. The Hall–Kier alpha value is -1.80. The van der Waals surface area contributed by atoms with Crippen LogP contribution < -0.4 is 15.4 Å². The highest BCUT2D eigenvalue weighted by atomic mass is 127. The summed E-state index contributed by atoms with van der Waals surface area (Å²) in [5.41, 5.74) is 0.695. The van der Waals surface area contributed by atoms with Crippen LogP contribution in [0.4, 0.5) is 5.69 Å². The van der Waals surface area contributed by atoms with E-state index in [-0.39, 0.29) is 31.4 Å².